The van der Waals surface area contributed by atoms with Gasteiger partial charge in [-0.1, -0.05) is 26.0 Å². The van der Waals surface area contributed by atoms with Gasteiger partial charge in [0.1, 0.15) is 11.5 Å². The van der Waals surface area contributed by atoms with E-state index in [9.17, 15) is 18.4 Å². The zero-order chi connectivity index (χ0) is 20.5. The summed E-state index contributed by atoms with van der Waals surface area (Å²) in [5.41, 5.74) is 0.307. The Morgan fingerprint density at radius 1 is 1.04 bits per heavy atom. The van der Waals surface area contributed by atoms with Gasteiger partial charge in [-0.25, -0.2) is 4.79 Å². The van der Waals surface area contributed by atoms with Crippen molar-refractivity contribution in [1.29, 1.82) is 0 Å². The lowest BCUT2D eigenvalue weighted by atomic mass is 10.2. The van der Waals surface area contributed by atoms with Crippen LogP contribution in [0.3, 0.4) is 0 Å². The summed E-state index contributed by atoms with van der Waals surface area (Å²) in [6, 6.07) is 12.0. The van der Waals surface area contributed by atoms with Crippen molar-refractivity contribution in [2.75, 3.05) is 18.5 Å². The number of carbonyl (C=O) groups excluding carboxylic acids is 2. The van der Waals surface area contributed by atoms with E-state index in [-0.39, 0.29) is 17.0 Å². The highest BCUT2D eigenvalue weighted by molar-refractivity contribution is 5.96. The second-order valence-electron chi connectivity index (χ2n) is 6.23. The number of para-hydroxylation sites is 2. The normalized spacial score (nSPS) is 10.6. The molecule has 8 heteroatoms. The first kappa shape index (κ1) is 21.1. The van der Waals surface area contributed by atoms with E-state index >= 15 is 0 Å². The highest BCUT2D eigenvalue weighted by atomic mass is 19.3. The molecule has 0 aromatic heterocycles. The van der Waals surface area contributed by atoms with Crippen molar-refractivity contribution in [1.82, 2.24) is 0 Å². The lowest BCUT2D eigenvalue weighted by Crippen LogP contribution is -2.21. The van der Waals surface area contributed by atoms with Crippen LogP contribution < -0.4 is 14.8 Å². The number of esters is 1. The fourth-order valence-electron chi connectivity index (χ4n) is 2.12. The molecular formula is C20H21F2NO5. The van der Waals surface area contributed by atoms with E-state index in [0.717, 1.165) is 0 Å². The zero-order valence-electron chi connectivity index (χ0n) is 15.5. The first-order chi connectivity index (χ1) is 13.3. The third-order valence-corrected chi connectivity index (χ3v) is 3.38. The average molecular weight is 393 g/mol. The van der Waals surface area contributed by atoms with Crippen molar-refractivity contribution in [2.24, 2.45) is 5.92 Å². The molecule has 0 atom stereocenters. The Morgan fingerprint density at radius 2 is 1.71 bits per heavy atom. The predicted molar refractivity (Wildman–Crippen MR) is 98.8 cm³/mol. The van der Waals surface area contributed by atoms with Crippen molar-refractivity contribution in [3.63, 3.8) is 0 Å². The van der Waals surface area contributed by atoms with Crippen LogP contribution in [0.1, 0.15) is 24.2 Å². The smallest absolute Gasteiger partial charge is 0.387 e. The summed E-state index contributed by atoms with van der Waals surface area (Å²) in [4.78, 5) is 24.0. The number of hydrogen-bond donors (Lipinski definition) is 1. The van der Waals surface area contributed by atoms with Crippen LogP contribution in [-0.4, -0.2) is 31.7 Å². The largest absolute Gasteiger partial charge is 0.493 e. The van der Waals surface area contributed by atoms with Crippen LogP contribution in [0.4, 0.5) is 14.5 Å². The monoisotopic (exact) mass is 393 g/mol. The van der Waals surface area contributed by atoms with Gasteiger partial charge in [0.05, 0.1) is 17.9 Å². The summed E-state index contributed by atoms with van der Waals surface area (Å²) >= 11 is 0. The molecule has 1 N–H and O–H groups in total. The fraction of sp³-hybridized carbons (Fsp3) is 0.300. The highest BCUT2D eigenvalue weighted by Gasteiger charge is 2.14. The van der Waals surface area contributed by atoms with Crippen LogP contribution in [0.5, 0.6) is 11.5 Å². The summed E-state index contributed by atoms with van der Waals surface area (Å²) < 4.78 is 39.5. The third kappa shape index (κ3) is 6.86. The molecule has 2 rings (SSSR count). The molecule has 1 amide bonds. The van der Waals surface area contributed by atoms with E-state index in [1.807, 2.05) is 13.8 Å². The van der Waals surface area contributed by atoms with Gasteiger partial charge in [0.2, 0.25) is 0 Å². The van der Waals surface area contributed by atoms with Gasteiger partial charge >= 0.3 is 12.6 Å². The molecule has 0 heterocycles. The van der Waals surface area contributed by atoms with Crippen LogP contribution in [0.2, 0.25) is 0 Å². The zero-order valence-corrected chi connectivity index (χ0v) is 15.5. The molecule has 0 aliphatic rings. The van der Waals surface area contributed by atoms with Crippen molar-refractivity contribution in [3.05, 3.63) is 54.1 Å². The van der Waals surface area contributed by atoms with Gasteiger partial charge in [-0.3, -0.25) is 4.79 Å². The molecule has 0 radical (unpaired) electrons. The molecule has 6 nitrogen and oxygen atoms in total. The molecule has 0 aliphatic carbocycles. The minimum atomic E-state index is -3.02. The van der Waals surface area contributed by atoms with Crippen LogP contribution >= 0.6 is 0 Å². The predicted octanol–water partition coefficient (Wildman–Crippen LogP) is 4.12. The number of rotatable bonds is 9. The van der Waals surface area contributed by atoms with Gasteiger partial charge in [0.25, 0.3) is 5.91 Å². The number of alkyl halides is 2. The molecule has 2 aromatic carbocycles. The molecular weight excluding hydrogens is 372 g/mol. The minimum Gasteiger partial charge on any atom is -0.493 e. The summed E-state index contributed by atoms with van der Waals surface area (Å²) in [6.45, 7) is 1.00. The van der Waals surface area contributed by atoms with Gasteiger partial charge in [-0.15, -0.1) is 0 Å². The lowest BCUT2D eigenvalue weighted by Gasteiger charge is -2.12. The molecule has 0 saturated heterocycles. The maximum absolute atomic E-state index is 12.4. The maximum atomic E-state index is 12.4. The molecule has 28 heavy (non-hydrogen) atoms. The SMILES string of the molecule is CC(C)COc1ccc(C(=O)OCC(=O)Nc2ccccc2OC(F)F)cc1. The van der Waals surface area contributed by atoms with Gasteiger partial charge in [-0.05, 0) is 42.3 Å². The van der Waals surface area contributed by atoms with Gasteiger partial charge < -0.3 is 19.5 Å². The van der Waals surface area contributed by atoms with E-state index in [2.05, 4.69) is 10.1 Å². The molecule has 0 fully saturated rings. The molecule has 0 spiro atoms. The van der Waals surface area contributed by atoms with Crippen LogP contribution in [0.15, 0.2) is 48.5 Å². The number of amides is 1. The number of halogens is 2. The lowest BCUT2D eigenvalue weighted by molar-refractivity contribution is -0.119. The summed E-state index contributed by atoms with van der Waals surface area (Å²) in [5, 5.41) is 2.36. The fourth-order valence-corrected chi connectivity index (χ4v) is 2.12. The second kappa shape index (κ2) is 10.2. The summed E-state index contributed by atoms with van der Waals surface area (Å²) in [6.07, 6.45) is 0. The third-order valence-electron chi connectivity index (χ3n) is 3.38. The average Bonchev–Trinajstić information content (AvgIpc) is 2.66. The van der Waals surface area contributed by atoms with Gasteiger partial charge in [0, 0.05) is 0 Å². The van der Waals surface area contributed by atoms with Crippen molar-refractivity contribution >= 4 is 17.6 Å². The quantitative estimate of drug-likeness (QED) is 0.649. The van der Waals surface area contributed by atoms with E-state index < -0.39 is 25.1 Å². The van der Waals surface area contributed by atoms with E-state index in [1.54, 1.807) is 18.2 Å². The highest BCUT2D eigenvalue weighted by Crippen LogP contribution is 2.25. The Hall–Kier alpha value is -3.16. The Kier molecular flexibility index (Phi) is 7.74. The number of benzene rings is 2. The number of hydrogen-bond acceptors (Lipinski definition) is 5. The van der Waals surface area contributed by atoms with Crippen LogP contribution in [0, 0.1) is 5.92 Å². The van der Waals surface area contributed by atoms with Gasteiger partial charge in [0.15, 0.2) is 6.61 Å². The van der Waals surface area contributed by atoms with Crippen LogP contribution in [-0.2, 0) is 9.53 Å². The number of ether oxygens (including phenoxy) is 3. The number of nitrogens with one attached hydrogen (secondary N) is 1. The van der Waals surface area contributed by atoms with Crippen molar-refractivity contribution < 1.29 is 32.6 Å². The van der Waals surface area contributed by atoms with E-state index in [1.165, 1.54) is 30.3 Å². The second-order valence-corrected chi connectivity index (χ2v) is 6.23. The first-order valence-corrected chi connectivity index (χ1v) is 8.59. The van der Waals surface area contributed by atoms with Crippen molar-refractivity contribution in [2.45, 2.75) is 20.5 Å². The number of anilines is 1. The maximum Gasteiger partial charge on any atom is 0.387 e. The Balaban J connectivity index is 1.86. The Morgan fingerprint density at radius 3 is 2.36 bits per heavy atom. The molecule has 0 bridgehead atoms. The van der Waals surface area contributed by atoms with E-state index in [0.29, 0.717) is 18.3 Å². The van der Waals surface area contributed by atoms with Crippen LogP contribution in [0.25, 0.3) is 0 Å². The summed E-state index contributed by atoms with van der Waals surface area (Å²) in [5.74, 6) is -0.564. The molecule has 0 aliphatic heterocycles. The standard InChI is InChI=1S/C20H21F2NO5/c1-13(2)11-26-15-9-7-14(8-10-15)19(25)27-12-18(24)23-16-5-3-4-6-17(16)28-20(21)22/h3-10,13,20H,11-12H2,1-2H3,(H,23,24). The topological polar surface area (TPSA) is 73.9 Å². The Bertz CT molecular complexity index is 793. The minimum absolute atomic E-state index is 0.0514. The molecule has 0 unspecified atom stereocenters. The van der Waals surface area contributed by atoms with E-state index in [4.69, 9.17) is 9.47 Å². The van der Waals surface area contributed by atoms with Crippen molar-refractivity contribution in [3.8, 4) is 11.5 Å². The molecule has 0 saturated carbocycles. The van der Waals surface area contributed by atoms with Gasteiger partial charge in [-0.2, -0.15) is 8.78 Å². The summed E-state index contributed by atoms with van der Waals surface area (Å²) in [7, 11) is 0. The molecule has 2 aromatic rings. The Labute approximate surface area is 161 Å². The first-order valence-electron chi connectivity index (χ1n) is 8.59. The molecule has 150 valence electrons. The number of carbonyl (C=O) groups is 2.